The summed E-state index contributed by atoms with van der Waals surface area (Å²) < 4.78 is 0. The van der Waals surface area contributed by atoms with E-state index in [1.807, 2.05) is 6.92 Å². The largest absolute Gasteiger partial charge is 0.394 e. The molecule has 6 heteroatoms. The number of halogens is 1. The summed E-state index contributed by atoms with van der Waals surface area (Å²) in [7, 11) is 0. The Balaban J connectivity index is 2.77. The number of rotatable bonds is 4. The van der Waals surface area contributed by atoms with Gasteiger partial charge in [-0.2, -0.15) is 0 Å². The predicted molar refractivity (Wildman–Crippen MR) is 54.7 cm³/mol. The van der Waals surface area contributed by atoms with Crippen molar-refractivity contribution in [1.29, 1.82) is 0 Å². The van der Waals surface area contributed by atoms with Gasteiger partial charge in [-0.15, -0.1) is 0 Å². The van der Waals surface area contributed by atoms with Crippen molar-refractivity contribution in [3.8, 4) is 0 Å². The molecule has 0 radical (unpaired) electrons. The lowest BCUT2D eigenvalue weighted by molar-refractivity contribution is 0.271. The molecule has 3 N–H and O–H groups in total. The number of hydrogen-bond donors (Lipinski definition) is 3. The maximum atomic E-state index is 11.1. The van der Waals surface area contributed by atoms with E-state index in [0.717, 1.165) is 6.42 Å². The number of aliphatic hydroxyl groups is 1. The van der Waals surface area contributed by atoms with Crippen molar-refractivity contribution in [3.05, 3.63) is 21.6 Å². The zero-order valence-corrected chi connectivity index (χ0v) is 8.51. The first-order chi connectivity index (χ1) is 6.67. The van der Waals surface area contributed by atoms with E-state index in [4.69, 9.17) is 16.7 Å². The van der Waals surface area contributed by atoms with Crippen molar-refractivity contribution in [1.82, 2.24) is 9.97 Å². The second kappa shape index (κ2) is 4.97. The van der Waals surface area contributed by atoms with Gasteiger partial charge in [0.15, 0.2) is 0 Å². The van der Waals surface area contributed by atoms with Crippen molar-refractivity contribution in [3.63, 3.8) is 0 Å². The van der Waals surface area contributed by atoms with Gasteiger partial charge in [-0.1, -0.05) is 18.5 Å². The molecule has 0 aliphatic heterocycles. The standard InChI is InChI=1S/C8H12ClN3O2/c1-2-5(4-13)11-8-10-3-6(9)7(14)12-8/h3,5,13H,2,4H2,1H3,(H2,10,11,12,14)/t5-/m1/s1. The van der Waals surface area contributed by atoms with E-state index in [-0.39, 0.29) is 17.7 Å². The molecule has 0 amide bonds. The average Bonchev–Trinajstić information content (AvgIpc) is 2.19. The molecule has 1 rings (SSSR count). The molecule has 0 fully saturated rings. The summed E-state index contributed by atoms with van der Waals surface area (Å²) in [5.41, 5.74) is -0.392. The zero-order valence-electron chi connectivity index (χ0n) is 7.75. The minimum absolute atomic E-state index is 0.0111. The summed E-state index contributed by atoms with van der Waals surface area (Å²) in [5.74, 6) is 0.320. The van der Waals surface area contributed by atoms with E-state index in [2.05, 4.69) is 15.3 Å². The van der Waals surface area contributed by atoms with Crippen molar-refractivity contribution in [2.45, 2.75) is 19.4 Å². The van der Waals surface area contributed by atoms with E-state index in [1.165, 1.54) is 6.20 Å². The van der Waals surface area contributed by atoms with E-state index in [0.29, 0.717) is 5.95 Å². The third-order valence-electron chi connectivity index (χ3n) is 1.81. The van der Waals surface area contributed by atoms with Gasteiger partial charge >= 0.3 is 0 Å². The summed E-state index contributed by atoms with van der Waals surface area (Å²) in [4.78, 5) is 17.4. The van der Waals surface area contributed by atoms with Crippen molar-refractivity contribution < 1.29 is 5.11 Å². The van der Waals surface area contributed by atoms with E-state index < -0.39 is 5.56 Å². The smallest absolute Gasteiger partial charge is 0.271 e. The Morgan fingerprint density at radius 1 is 1.79 bits per heavy atom. The third kappa shape index (κ3) is 2.71. The Morgan fingerprint density at radius 2 is 2.50 bits per heavy atom. The highest BCUT2D eigenvalue weighted by molar-refractivity contribution is 6.30. The molecule has 1 heterocycles. The number of nitrogens with one attached hydrogen (secondary N) is 2. The normalized spacial score (nSPS) is 12.5. The van der Waals surface area contributed by atoms with Crippen molar-refractivity contribution in [2.24, 2.45) is 0 Å². The maximum Gasteiger partial charge on any atom is 0.271 e. The molecule has 78 valence electrons. The van der Waals surface area contributed by atoms with Crippen LogP contribution >= 0.6 is 11.6 Å². The lowest BCUT2D eigenvalue weighted by Crippen LogP contribution is -2.25. The van der Waals surface area contributed by atoms with Gasteiger partial charge < -0.3 is 10.4 Å². The highest BCUT2D eigenvalue weighted by atomic mass is 35.5. The molecule has 0 saturated heterocycles. The topological polar surface area (TPSA) is 78.0 Å². The van der Waals surface area contributed by atoms with Gasteiger partial charge in [0.1, 0.15) is 5.02 Å². The Kier molecular flexibility index (Phi) is 3.91. The molecule has 1 aromatic rings. The van der Waals surface area contributed by atoms with Gasteiger partial charge in [0, 0.05) is 0 Å². The fourth-order valence-corrected chi connectivity index (χ4v) is 1.02. The van der Waals surface area contributed by atoms with Crippen LogP contribution in [-0.2, 0) is 0 Å². The third-order valence-corrected chi connectivity index (χ3v) is 2.08. The minimum atomic E-state index is -0.392. The average molecular weight is 218 g/mol. The van der Waals surface area contributed by atoms with Crippen molar-refractivity contribution in [2.75, 3.05) is 11.9 Å². The molecule has 5 nitrogen and oxygen atoms in total. The highest BCUT2D eigenvalue weighted by Crippen LogP contribution is 2.03. The fourth-order valence-electron chi connectivity index (χ4n) is 0.923. The van der Waals surface area contributed by atoms with Gasteiger partial charge in [-0.05, 0) is 6.42 Å². The number of H-pyrrole nitrogens is 1. The first-order valence-corrected chi connectivity index (χ1v) is 4.67. The molecule has 0 saturated carbocycles. The van der Waals surface area contributed by atoms with E-state index in [9.17, 15) is 4.79 Å². The van der Waals surface area contributed by atoms with Crippen LogP contribution in [0.4, 0.5) is 5.95 Å². The summed E-state index contributed by atoms with van der Waals surface area (Å²) >= 11 is 5.50. The molecule has 0 aliphatic carbocycles. The predicted octanol–water partition coefficient (Wildman–Crippen LogP) is 0.606. The first kappa shape index (κ1) is 11.0. The van der Waals surface area contributed by atoms with Gasteiger partial charge in [0.05, 0.1) is 18.8 Å². The second-order valence-corrected chi connectivity index (χ2v) is 3.25. The van der Waals surface area contributed by atoms with Crippen LogP contribution in [0.3, 0.4) is 0 Å². The number of aromatic amines is 1. The van der Waals surface area contributed by atoms with Gasteiger partial charge in [-0.25, -0.2) is 4.98 Å². The van der Waals surface area contributed by atoms with Crippen molar-refractivity contribution >= 4 is 17.5 Å². The Labute approximate surface area is 86.1 Å². The molecule has 0 spiro atoms. The minimum Gasteiger partial charge on any atom is -0.394 e. The van der Waals surface area contributed by atoms with Crippen LogP contribution in [0.25, 0.3) is 0 Å². The lowest BCUT2D eigenvalue weighted by Gasteiger charge is -2.13. The first-order valence-electron chi connectivity index (χ1n) is 4.29. The van der Waals surface area contributed by atoms with E-state index in [1.54, 1.807) is 0 Å². The zero-order chi connectivity index (χ0) is 10.6. The molecule has 1 atom stereocenters. The van der Waals surface area contributed by atoms with Crippen LogP contribution in [0.15, 0.2) is 11.0 Å². The quantitative estimate of drug-likeness (QED) is 0.691. The highest BCUT2D eigenvalue weighted by Gasteiger charge is 2.06. The van der Waals surface area contributed by atoms with Gasteiger partial charge in [-0.3, -0.25) is 9.78 Å². The van der Waals surface area contributed by atoms with Crippen LogP contribution < -0.4 is 10.9 Å². The van der Waals surface area contributed by atoms with E-state index >= 15 is 0 Å². The maximum absolute atomic E-state index is 11.1. The van der Waals surface area contributed by atoms with Gasteiger partial charge in [0.25, 0.3) is 5.56 Å². The number of aromatic nitrogens is 2. The van der Waals surface area contributed by atoms with Crippen LogP contribution in [-0.4, -0.2) is 27.7 Å². The number of anilines is 1. The second-order valence-electron chi connectivity index (χ2n) is 2.84. The molecule has 1 aromatic heterocycles. The molecule has 14 heavy (non-hydrogen) atoms. The van der Waals surface area contributed by atoms with Crippen LogP contribution in [0.5, 0.6) is 0 Å². The molecule has 0 aromatic carbocycles. The molecule has 0 unspecified atom stereocenters. The van der Waals surface area contributed by atoms with Crippen LogP contribution in [0.2, 0.25) is 5.02 Å². The summed E-state index contributed by atoms with van der Waals surface area (Å²) in [5, 5.41) is 11.8. The summed E-state index contributed by atoms with van der Waals surface area (Å²) in [6.45, 7) is 1.91. The summed E-state index contributed by atoms with van der Waals surface area (Å²) in [6, 6.07) is -0.112. The molecule has 0 bridgehead atoms. The van der Waals surface area contributed by atoms with Gasteiger partial charge in [0.2, 0.25) is 5.95 Å². The number of hydrogen-bond acceptors (Lipinski definition) is 4. The molecular formula is C8H12ClN3O2. The molecule has 0 aliphatic rings. The lowest BCUT2D eigenvalue weighted by atomic mass is 10.2. The number of aliphatic hydroxyl groups excluding tert-OH is 1. The summed E-state index contributed by atoms with van der Waals surface area (Å²) in [6.07, 6.45) is 2.01. The number of nitrogens with zero attached hydrogens (tertiary/aromatic N) is 1. The van der Waals surface area contributed by atoms with Crippen LogP contribution in [0.1, 0.15) is 13.3 Å². The van der Waals surface area contributed by atoms with Crippen LogP contribution in [0, 0.1) is 0 Å². The fraction of sp³-hybridized carbons (Fsp3) is 0.500. The Morgan fingerprint density at radius 3 is 3.00 bits per heavy atom. The monoisotopic (exact) mass is 217 g/mol. The molecular weight excluding hydrogens is 206 g/mol. The SMILES string of the molecule is CC[C@H](CO)Nc1ncc(Cl)c(=O)[nH]1. The Hall–Kier alpha value is -1.07. The Bertz CT molecular complexity index is 349.